The maximum atomic E-state index is 12.2. The first-order valence-corrected chi connectivity index (χ1v) is 5.53. The van der Waals surface area contributed by atoms with Crippen molar-refractivity contribution < 1.29 is 4.79 Å². The molecule has 1 aliphatic rings. The van der Waals surface area contributed by atoms with E-state index in [1.165, 1.54) is 0 Å². The van der Waals surface area contributed by atoms with Crippen LogP contribution in [0.2, 0.25) is 0 Å². The van der Waals surface area contributed by atoms with Gasteiger partial charge in [0, 0.05) is 12.6 Å². The molecule has 0 saturated heterocycles. The summed E-state index contributed by atoms with van der Waals surface area (Å²) in [5.41, 5.74) is 1.63. The molecule has 1 heterocycles. The monoisotopic (exact) mass is 225 g/mol. The Kier molecular flexibility index (Phi) is 1.87. The zero-order chi connectivity index (χ0) is 12.0. The molecule has 0 atom stereocenters. The van der Waals surface area contributed by atoms with Gasteiger partial charge >= 0.3 is 0 Å². The van der Waals surface area contributed by atoms with Crippen molar-refractivity contribution in [2.24, 2.45) is 12.5 Å². The number of ketones is 1. The number of rotatable bonds is 2. The molecule has 2 aromatic rings. The third kappa shape index (κ3) is 1.36. The van der Waals surface area contributed by atoms with Crippen LogP contribution in [0.25, 0.3) is 11.0 Å². The van der Waals surface area contributed by atoms with E-state index in [0.717, 1.165) is 11.0 Å². The molecule has 1 aromatic heterocycles. The van der Waals surface area contributed by atoms with Crippen LogP contribution in [0.5, 0.6) is 0 Å². The van der Waals surface area contributed by atoms with Crippen molar-refractivity contribution in [2.75, 3.05) is 0 Å². The molecule has 0 spiro atoms. The maximum absolute atomic E-state index is 12.2. The molecule has 0 amide bonds. The van der Waals surface area contributed by atoms with E-state index in [1.807, 2.05) is 17.7 Å². The summed E-state index contributed by atoms with van der Waals surface area (Å²) in [6.45, 7) is 0. The Labute approximate surface area is 98.5 Å². The van der Waals surface area contributed by atoms with Gasteiger partial charge in [-0.2, -0.15) is 5.26 Å². The number of nitrogens with zero attached hydrogens (tertiary/aromatic N) is 3. The maximum Gasteiger partial charge on any atom is 0.183 e. The lowest BCUT2D eigenvalue weighted by atomic mass is 9.96. The van der Waals surface area contributed by atoms with Crippen molar-refractivity contribution in [1.29, 1.82) is 5.26 Å². The molecule has 4 heteroatoms. The highest BCUT2D eigenvalue weighted by atomic mass is 16.1. The lowest BCUT2D eigenvalue weighted by Gasteiger charge is -2.04. The summed E-state index contributed by atoms with van der Waals surface area (Å²) in [7, 11) is 1.91. The number of hydrogen-bond donors (Lipinski definition) is 0. The first-order chi connectivity index (χ1) is 8.16. The van der Waals surface area contributed by atoms with Gasteiger partial charge in [-0.15, -0.1) is 0 Å². The van der Waals surface area contributed by atoms with Crippen molar-refractivity contribution >= 4 is 16.8 Å². The van der Waals surface area contributed by atoms with Gasteiger partial charge in [0.15, 0.2) is 5.78 Å². The van der Waals surface area contributed by atoms with Crippen LogP contribution >= 0.6 is 0 Å². The van der Waals surface area contributed by atoms with Crippen LogP contribution in [0.3, 0.4) is 0 Å². The number of benzene rings is 1. The molecule has 1 saturated carbocycles. The Hall–Kier alpha value is -2.15. The second-order valence-corrected chi connectivity index (χ2v) is 4.58. The third-order valence-electron chi connectivity index (χ3n) is 3.39. The topological polar surface area (TPSA) is 58.7 Å². The number of aryl methyl sites for hydroxylation is 1. The SMILES string of the molecule is Cn1cnc2cc(C(=O)C3(C#N)CC3)ccc21. The molecule has 1 aromatic carbocycles. The van der Waals surface area contributed by atoms with Gasteiger partial charge in [0.05, 0.1) is 23.4 Å². The molecule has 4 nitrogen and oxygen atoms in total. The number of carbonyl (C=O) groups excluding carboxylic acids is 1. The lowest BCUT2D eigenvalue weighted by Crippen LogP contribution is -2.13. The van der Waals surface area contributed by atoms with Gasteiger partial charge in [0.2, 0.25) is 0 Å². The van der Waals surface area contributed by atoms with Crippen LogP contribution < -0.4 is 0 Å². The van der Waals surface area contributed by atoms with Crippen LogP contribution in [0, 0.1) is 16.7 Å². The molecule has 0 N–H and O–H groups in total. The minimum atomic E-state index is -0.748. The van der Waals surface area contributed by atoms with Gasteiger partial charge in [-0.05, 0) is 31.0 Å². The fraction of sp³-hybridized carbons (Fsp3) is 0.308. The molecular weight excluding hydrogens is 214 g/mol. The lowest BCUT2D eigenvalue weighted by molar-refractivity contribution is 0.0935. The van der Waals surface area contributed by atoms with E-state index in [1.54, 1.807) is 18.5 Å². The Balaban J connectivity index is 2.07. The largest absolute Gasteiger partial charge is 0.334 e. The number of imidazole rings is 1. The number of Topliss-reactive ketones (excluding diaryl/α,β-unsaturated/α-hetero) is 1. The van der Waals surface area contributed by atoms with Crippen LogP contribution in [-0.4, -0.2) is 15.3 Å². The van der Waals surface area contributed by atoms with Crippen molar-refractivity contribution in [2.45, 2.75) is 12.8 Å². The number of hydrogen-bond acceptors (Lipinski definition) is 3. The summed E-state index contributed by atoms with van der Waals surface area (Å²) < 4.78 is 1.90. The Morgan fingerprint density at radius 1 is 1.53 bits per heavy atom. The molecule has 0 bridgehead atoms. The van der Waals surface area contributed by atoms with E-state index < -0.39 is 5.41 Å². The van der Waals surface area contributed by atoms with E-state index in [4.69, 9.17) is 5.26 Å². The normalized spacial score (nSPS) is 16.7. The summed E-state index contributed by atoms with van der Waals surface area (Å²) in [4.78, 5) is 16.4. The first kappa shape index (κ1) is 10.0. The van der Waals surface area contributed by atoms with Crippen molar-refractivity contribution in [3.05, 3.63) is 30.1 Å². The molecule has 1 aliphatic carbocycles. The molecule has 1 fully saturated rings. The summed E-state index contributed by atoms with van der Waals surface area (Å²) in [5.74, 6) is -0.0625. The van der Waals surface area contributed by atoms with E-state index in [9.17, 15) is 4.79 Å². The minimum absolute atomic E-state index is 0.0625. The van der Waals surface area contributed by atoms with Crippen LogP contribution in [0.1, 0.15) is 23.2 Å². The van der Waals surface area contributed by atoms with Gasteiger partial charge in [-0.3, -0.25) is 4.79 Å². The van der Waals surface area contributed by atoms with Gasteiger partial charge in [0.25, 0.3) is 0 Å². The van der Waals surface area contributed by atoms with Crippen LogP contribution in [-0.2, 0) is 7.05 Å². The predicted molar refractivity (Wildman–Crippen MR) is 62.3 cm³/mol. The van der Waals surface area contributed by atoms with E-state index in [-0.39, 0.29) is 5.78 Å². The predicted octanol–water partition coefficient (Wildman–Crippen LogP) is 2.06. The van der Waals surface area contributed by atoms with Gasteiger partial charge in [-0.1, -0.05) is 0 Å². The number of nitriles is 1. The van der Waals surface area contributed by atoms with Crippen molar-refractivity contribution in [1.82, 2.24) is 9.55 Å². The number of carbonyl (C=O) groups is 1. The summed E-state index contributed by atoms with van der Waals surface area (Å²) in [6.07, 6.45) is 3.08. The van der Waals surface area contributed by atoms with Gasteiger partial charge in [0.1, 0.15) is 5.41 Å². The van der Waals surface area contributed by atoms with Crippen LogP contribution in [0.4, 0.5) is 0 Å². The quantitative estimate of drug-likeness (QED) is 0.735. The Morgan fingerprint density at radius 2 is 2.29 bits per heavy atom. The highest BCUT2D eigenvalue weighted by molar-refractivity contribution is 6.05. The standard InChI is InChI=1S/C13H11N3O/c1-16-8-15-10-6-9(2-3-11(10)16)12(17)13(7-14)4-5-13/h2-3,6,8H,4-5H2,1H3. The fourth-order valence-corrected chi connectivity index (χ4v) is 2.07. The number of fused-ring (bicyclic) bond motifs is 1. The molecule has 0 radical (unpaired) electrons. The van der Waals surface area contributed by atoms with E-state index in [2.05, 4.69) is 11.1 Å². The zero-order valence-corrected chi connectivity index (χ0v) is 9.47. The molecule has 0 unspecified atom stereocenters. The van der Waals surface area contributed by atoms with E-state index >= 15 is 0 Å². The average molecular weight is 225 g/mol. The van der Waals surface area contributed by atoms with Crippen molar-refractivity contribution in [3.8, 4) is 6.07 Å². The second-order valence-electron chi connectivity index (χ2n) is 4.58. The van der Waals surface area contributed by atoms with Crippen molar-refractivity contribution in [3.63, 3.8) is 0 Å². The minimum Gasteiger partial charge on any atom is -0.334 e. The second kappa shape index (κ2) is 3.17. The summed E-state index contributed by atoms with van der Waals surface area (Å²) >= 11 is 0. The van der Waals surface area contributed by atoms with Crippen LogP contribution in [0.15, 0.2) is 24.5 Å². The smallest absolute Gasteiger partial charge is 0.183 e. The van der Waals surface area contributed by atoms with Gasteiger partial charge < -0.3 is 4.57 Å². The molecule has 84 valence electrons. The third-order valence-corrected chi connectivity index (χ3v) is 3.39. The highest BCUT2D eigenvalue weighted by Crippen LogP contribution is 2.47. The number of aromatic nitrogens is 2. The molecular formula is C13H11N3O. The Morgan fingerprint density at radius 3 is 2.94 bits per heavy atom. The van der Waals surface area contributed by atoms with Gasteiger partial charge in [-0.25, -0.2) is 4.98 Å². The van der Waals surface area contributed by atoms with E-state index in [0.29, 0.717) is 18.4 Å². The highest BCUT2D eigenvalue weighted by Gasteiger charge is 2.50. The first-order valence-electron chi connectivity index (χ1n) is 5.53. The Bertz CT molecular complexity index is 659. The molecule has 0 aliphatic heterocycles. The molecule has 17 heavy (non-hydrogen) atoms. The summed E-state index contributed by atoms with van der Waals surface area (Å²) in [5, 5.41) is 9.02. The zero-order valence-electron chi connectivity index (χ0n) is 9.47. The summed E-state index contributed by atoms with van der Waals surface area (Å²) in [6, 6.07) is 7.56. The fourth-order valence-electron chi connectivity index (χ4n) is 2.07. The average Bonchev–Trinajstić information content (AvgIpc) is 3.08. The molecule has 3 rings (SSSR count).